The van der Waals surface area contributed by atoms with Gasteiger partial charge >= 0.3 is 12.1 Å². The zero-order valence-electron chi connectivity index (χ0n) is 33.6. The van der Waals surface area contributed by atoms with Crippen LogP contribution in [0.2, 0.25) is 5.02 Å². The van der Waals surface area contributed by atoms with Crippen molar-refractivity contribution in [2.45, 2.75) is 129 Å². The van der Waals surface area contributed by atoms with E-state index >= 15 is 0 Å². The molecule has 4 N–H and O–H groups in total. The van der Waals surface area contributed by atoms with Crippen LogP contribution in [0.15, 0.2) is 59.8 Å². The van der Waals surface area contributed by atoms with E-state index in [2.05, 4.69) is 26.4 Å². The second kappa shape index (κ2) is 19.3. The SMILES string of the molecule is C.CCC[C@H](NC(=O)[C@@H]1C[C@]2(CC(c3cccc(Cl)c3)=NO2)CN1C(=O)[C@@H](NC(=O)NC1CCN(C(=O)OCc2ccccc2)CC1)C(C)(C)C)C(=O)C(=O)NC1CC1. The van der Waals surface area contributed by atoms with Crippen molar-refractivity contribution < 1.29 is 38.3 Å². The highest BCUT2D eigenvalue weighted by Crippen LogP contribution is 2.40. The number of amides is 6. The first kappa shape index (κ1) is 44.9. The molecule has 4 aliphatic rings. The van der Waals surface area contributed by atoms with E-state index in [9.17, 15) is 28.8 Å². The lowest BCUT2D eigenvalue weighted by Gasteiger charge is -2.36. The minimum absolute atomic E-state index is 0. The number of nitrogens with zero attached hydrogens (tertiary/aromatic N) is 3. The fourth-order valence-electron chi connectivity index (χ4n) is 7.61. The lowest BCUT2D eigenvalue weighted by Crippen LogP contribution is -2.61. The Kier molecular flexibility index (Phi) is 14.7. The van der Waals surface area contributed by atoms with Gasteiger partial charge in [0.15, 0.2) is 5.60 Å². The molecule has 1 saturated carbocycles. The molecule has 59 heavy (non-hydrogen) atoms. The molecule has 16 heteroatoms. The van der Waals surface area contributed by atoms with Crippen LogP contribution in [0.1, 0.15) is 97.6 Å². The van der Waals surface area contributed by atoms with Gasteiger partial charge < -0.3 is 40.6 Å². The van der Waals surface area contributed by atoms with Crippen molar-refractivity contribution in [2.24, 2.45) is 10.6 Å². The molecule has 3 heterocycles. The van der Waals surface area contributed by atoms with E-state index in [1.165, 1.54) is 4.90 Å². The van der Waals surface area contributed by atoms with E-state index in [0.29, 0.717) is 43.1 Å². The van der Waals surface area contributed by atoms with Crippen LogP contribution in [0.25, 0.3) is 0 Å². The van der Waals surface area contributed by atoms with Crippen LogP contribution in [0.3, 0.4) is 0 Å². The van der Waals surface area contributed by atoms with Crippen molar-refractivity contribution in [1.82, 2.24) is 31.1 Å². The number of carbonyl (C=O) groups is 6. The van der Waals surface area contributed by atoms with E-state index in [-0.39, 0.29) is 51.9 Å². The predicted molar refractivity (Wildman–Crippen MR) is 222 cm³/mol. The van der Waals surface area contributed by atoms with E-state index in [1.54, 1.807) is 23.1 Å². The Bertz CT molecular complexity index is 1890. The molecule has 4 atom stereocenters. The average molecular weight is 836 g/mol. The van der Waals surface area contributed by atoms with E-state index in [0.717, 1.165) is 24.0 Å². The zero-order valence-corrected chi connectivity index (χ0v) is 34.3. The molecule has 2 aromatic rings. The van der Waals surface area contributed by atoms with Crippen LogP contribution in [0.5, 0.6) is 0 Å². The fourth-order valence-corrected chi connectivity index (χ4v) is 7.80. The molecular formula is C43H58ClN7O8. The van der Waals surface area contributed by atoms with Gasteiger partial charge in [-0.1, -0.05) is 101 Å². The molecular weight excluding hydrogens is 778 g/mol. The summed E-state index contributed by atoms with van der Waals surface area (Å²) < 4.78 is 5.47. The summed E-state index contributed by atoms with van der Waals surface area (Å²) in [5.41, 5.74) is 0.346. The third-order valence-electron chi connectivity index (χ3n) is 11.0. The van der Waals surface area contributed by atoms with Crippen molar-refractivity contribution in [1.29, 1.82) is 0 Å². The van der Waals surface area contributed by atoms with Gasteiger partial charge in [-0.15, -0.1) is 0 Å². The van der Waals surface area contributed by atoms with Crippen LogP contribution in [-0.4, -0.2) is 107 Å². The number of hydrogen-bond donors (Lipinski definition) is 4. The minimum Gasteiger partial charge on any atom is -0.445 e. The van der Waals surface area contributed by atoms with Gasteiger partial charge in [0.2, 0.25) is 17.6 Å². The maximum absolute atomic E-state index is 14.7. The summed E-state index contributed by atoms with van der Waals surface area (Å²) >= 11 is 6.27. The number of urea groups is 1. The largest absolute Gasteiger partial charge is 0.445 e. The number of rotatable bonds is 13. The lowest BCUT2D eigenvalue weighted by molar-refractivity contribution is -0.144. The van der Waals surface area contributed by atoms with Crippen molar-refractivity contribution >= 4 is 52.9 Å². The summed E-state index contributed by atoms with van der Waals surface area (Å²) in [5, 5.41) is 16.2. The number of piperidine rings is 1. The van der Waals surface area contributed by atoms with Gasteiger partial charge in [0.05, 0.1) is 18.3 Å². The monoisotopic (exact) mass is 835 g/mol. The topological polar surface area (TPSA) is 188 Å². The van der Waals surface area contributed by atoms with Gasteiger partial charge in [0, 0.05) is 48.6 Å². The summed E-state index contributed by atoms with van der Waals surface area (Å²) in [6.07, 6.45) is 3.23. The van der Waals surface area contributed by atoms with Gasteiger partial charge in [0.25, 0.3) is 5.91 Å². The molecule has 0 aromatic heterocycles. The summed E-state index contributed by atoms with van der Waals surface area (Å²) in [7, 11) is 0. The Hall–Kier alpha value is -5.18. The highest BCUT2D eigenvalue weighted by molar-refractivity contribution is 6.38. The molecule has 0 unspecified atom stereocenters. The summed E-state index contributed by atoms with van der Waals surface area (Å²) in [6.45, 7) is 8.21. The minimum atomic E-state index is -1.11. The molecule has 2 saturated heterocycles. The van der Waals surface area contributed by atoms with Crippen molar-refractivity contribution in [3.8, 4) is 0 Å². The quantitative estimate of drug-likeness (QED) is 0.201. The maximum Gasteiger partial charge on any atom is 0.410 e. The first-order chi connectivity index (χ1) is 27.6. The molecule has 6 rings (SSSR count). The molecule has 2 aromatic carbocycles. The van der Waals surface area contributed by atoms with Gasteiger partial charge in [-0.05, 0) is 55.2 Å². The number of benzene rings is 2. The number of halogens is 1. The number of hydrogen-bond acceptors (Lipinski definition) is 9. The molecule has 15 nitrogen and oxygen atoms in total. The second-order valence-electron chi connectivity index (χ2n) is 16.9. The zero-order chi connectivity index (χ0) is 41.6. The van der Waals surface area contributed by atoms with Gasteiger partial charge in [-0.2, -0.15) is 0 Å². The normalized spacial score (nSPS) is 21.3. The molecule has 3 fully saturated rings. The Balaban J connectivity index is 0.00000661. The van der Waals surface area contributed by atoms with Gasteiger partial charge in [0.1, 0.15) is 18.7 Å². The van der Waals surface area contributed by atoms with Crippen LogP contribution in [0, 0.1) is 5.41 Å². The Labute approximate surface area is 351 Å². The second-order valence-corrected chi connectivity index (χ2v) is 17.3. The maximum atomic E-state index is 14.7. The molecule has 1 spiro atoms. The van der Waals surface area contributed by atoms with Crippen molar-refractivity contribution in [3.63, 3.8) is 0 Å². The lowest BCUT2D eigenvalue weighted by atomic mass is 9.85. The highest BCUT2D eigenvalue weighted by atomic mass is 35.5. The van der Waals surface area contributed by atoms with E-state index in [1.807, 2.05) is 64.1 Å². The molecule has 320 valence electrons. The summed E-state index contributed by atoms with van der Waals surface area (Å²) in [4.78, 5) is 90.4. The van der Waals surface area contributed by atoms with Crippen LogP contribution in [-0.2, 0) is 35.4 Å². The molecule has 0 bridgehead atoms. The van der Waals surface area contributed by atoms with E-state index in [4.69, 9.17) is 21.2 Å². The smallest absolute Gasteiger partial charge is 0.410 e. The Morgan fingerprint density at radius 2 is 1.64 bits per heavy atom. The summed E-state index contributed by atoms with van der Waals surface area (Å²) in [5.74, 6) is -2.60. The van der Waals surface area contributed by atoms with Crippen molar-refractivity contribution in [3.05, 3.63) is 70.7 Å². The van der Waals surface area contributed by atoms with Crippen molar-refractivity contribution in [2.75, 3.05) is 19.6 Å². The Morgan fingerprint density at radius 3 is 2.29 bits per heavy atom. The Morgan fingerprint density at radius 1 is 0.949 bits per heavy atom. The average Bonchev–Trinajstić information content (AvgIpc) is 3.79. The number of ketones is 1. The number of carbonyl (C=O) groups excluding carboxylic acids is 6. The third-order valence-corrected chi connectivity index (χ3v) is 11.2. The predicted octanol–water partition coefficient (Wildman–Crippen LogP) is 5.09. The number of Topliss-reactive ketones (excluding diaryl/α,β-unsaturated/α-hetero) is 1. The number of oxime groups is 1. The fraction of sp³-hybridized carbons (Fsp3) is 0.558. The molecule has 3 aliphatic heterocycles. The first-order valence-electron chi connectivity index (χ1n) is 20.1. The molecule has 1 aliphatic carbocycles. The van der Waals surface area contributed by atoms with E-state index < -0.39 is 64.8 Å². The van der Waals surface area contributed by atoms with Gasteiger partial charge in [-0.3, -0.25) is 19.2 Å². The number of likely N-dealkylation sites (tertiary alicyclic amines) is 2. The first-order valence-corrected chi connectivity index (χ1v) is 20.5. The van der Waals surface area contributed by atoms with Crippen LogP contribution in [0.4, 0.5) is 9.59 Å². The standard InChI is InChI=1S/C42H54ClN7O8.CH4/c1-5-10-31(34(51)37(53)44-29-15-16-29)46-36(52)33-23-42(22-32(48-58-42)27-13-9-14-28(43)21-27)25-50(33)38(54)35(41(2,3)4)47-39(55)45-30-17-19-49(20-18-30)40(56)57-24-26-11-7-6-8-12-26;/h6-9,11-14,21,29-31,33,35H,5,10,15-20,22-25H2,1-4H3,(H,44,53)(H,46,52)(H2,45,47,55);1H4/t31-,33-,35+,42+;/m0./s1. The van der Waals surface area contributed by atoms with Crippen LogP contribution >= 0.6 is 11.6 Å². The summed E-state index contributed by atoms with van der Waals surface area (Å²) in [6, 6.07) is 12.4. The van der Waals surface area contributed by atoms with Gasteiger partial charge in [-0.25, -0.2) is 9.59 Å². The molecule has 0 radical (unpaired) electrons. The highest BCUT2D eigenvalue weighted by Gasteiger charge is 2.56. The number of ether oxygens (including phenoxy) is 1. The molecule has 6 amide bonds. The third kappa shape index (κ3) is 11.5. The van der Waals surface area contributed by atoms with Crippen LogP contribution < -0.4 is 21.3 Å². The number of nitrogens with one attached hydrogen (secondary N) is 4.